The zero-order valence-electron chi connectivity index (χ0n) is 10.9. The first kappa shape index (κ1) is 15.4. The highest BCUT2D eigenvalue weighted by molar-refractivity contribution is 9.08. The SMILES string of the molecule is CC(C)CCOCCOc1ccc(F)cc1CBr. The normalized spacial score (nSPS) is 10.9. The summed E-state index contributed by atoms with van der Waals surface area (Å²) in [5, 5.41) is 0.578. The fourth-order valence-electron chi connectivity index (χ4n) is 1.42. The lowest BCUT2D eigenvalue weighted by molar-refractivity contribution is 0.0923. The van der Waals surface area contributed by atoms with Crippen LogP contribution in [0.4, 0.5) is 4.39 Å². The van der Waals surface area contributed by atoms with Gasteiger partial charge in [0.15, 0.2) is 0 Å². The molecule has 0 aliphatic heterocycles. The van der Waals surface area contributed by atoms with Crippen LogP contribution < -0.4 is 4.74 Å². The van der Waals surface area contributed by atoms with Gasteiger partial charge in [-0.05, 0) is 30.5 Å². The van der Waals surface area contributed by atoms with Gasteiger partial charge in [-0.15, -0.1) is 0 Å². The molecule has 0 atom stereocenters. The Balaban J connectivity index is 2.27. The van der Waals surface area contributed by atoms with Crippen molar-refractivity contribution >= 4 is 15.9 Å². The number of hydrogen-bond acceptors (Lipinski definition) is 2. The van der Waals surface area contributed by atoms with Crippen LogP contribution in [0.3, 0.4) is 0 Å². The Kier molecular flexibility index (Phi) is 7.28. The third-order valence-corrected chi connectivity index (χ3v) is 3.10. The Bertz CT molecular complexity index is 356. The molecular formula is C14H20BrFO2. The summed E-state index contributed by atoms with van der Waals surface area (Å²) >= 11 is 3.31. The van der Waals surface area contributed by atoms with E-state index in [1.807, 2.05) is 0 Å². The zero-order valence-corrected chi connectivity index (χ0v) is 12.5. The standard InChI is InChI=1S/C14H20BrFO2/c1-11(2)5-6-17-7-8-18-14-4-3-13(16)9-12(14)10-15/h3-4,9,11H,5-8,10H2,1-2H3. The third kappa shape index (κ3) is 5.83. The minimum atomic E-state index is -0.245. The minimum absolute atomic E-state index is 0.245. The van der Waals surface area contributed by atoms with E-state index < -0.39 is 0 Å². The number of hydrogen-bond donors (Lipinski definition) is 0. The van der Waals surface area contributed by atoms with Crippen molar-refractivity contribution in [2.45, 2.75) is 25.6 Å². The Morgan fingerprint density at radius 1 is 1.22 bits per heavy atom. The van der Waals surface area contributed by atoms with Crippen molar-refractivity contribution in [2.24, 2.45) is 5.92 Å². The van der Waals surface area contributed by atoms with Crippen molar-refractivity contribution in [1.82, 2.24) is 0 Å². The predicted octanol–water partition coefficient (Wildman–Crippen LogP) is 4.16. The van der Waals surface area contributed by atoms with Crippen molar-refractivity contribution in [1.29, 1.82) is 0 Å². The Hall–Kier alpha value is -0.610. The van der Waals surface area contributed by atoms with Gasteiger partial charge in [-0.25, -0.2) is 4.39 Å². The zero-order chi connectivity index (χ0) is 13.4. The van der Waals surface area contributed by atoms with E-state index in [1.54, 1.807) is 6.07 Å². The fourth-order valence-corrected chi connectivity index (χ4v) is 1.86. The molecule has 102 valence electrons. The van der Waals surface area contributed by atoms with E-state index in [1.165, 1.54) is 12.1 Å². The molecule has 0 aromatic heterocycles. The van der Waals surface area contributed by atoms with Crippen LogP contribution in [0, 0.1) is 11.7 Å². The first-order valence-corrected chi connectivity index (χ1v) is 7.30. The van der Waals surface area contributed by atoms with Gasteiger partial charge in [0.2, 0.25) is 0 Å². The molecule has 4 heteroatoms. The summed E-state index contributed by atoms with van der Waals surface area (Å²) < 4.78 is 24.0. The van der Waals surface area contributed by atoms with Crippen LogP contribution in [-0.4, -0.2) is 19.8 Å². The molecule has 0 spiro atoms. The summed E-state index contributed by atoms with van der Waals surface area (Å²) in [5.41, 5.74) is 0.817. The summed E-state index contributed by atoms with van der Waals surface area (Å²) in [7, 11) is 0. The molecule has 0 unspecified atom stereocenters. The Labute approximate surface area is 117 Å². The van der Waals surface area contributed by atoms with Crippen LogP contribution in [-0.2, 0) is 10.1 Å². The lowest BCUT2D eigenvalue weighted by atomic mass is 10.1. The maximum Gasteiger partial charge on any atom is 0.123 e. The van der Waals surface area contributed by atoms with Gasteiger partial charge in [-0.2, -0.15) is 0 Å². The number of ether oxygens (including phenoxy) is 2. The fraction of sp³-hybridized carbons (Fsp3) is 0.571. The third-order valence-electron chi connectivity index (χ3n) is 2.49. The summed E-state index contributed by atoms with van der Waals surface area (Å²) in [5.74, 6) is 1.12. The van der Waals surface area contributed by atoms with Crippen LogP contribution >= 0.6 is 15.9 Å². The second-order valence-corrected chi connectivity index (χ2v) is 5.09. The minimum Gasteiger partial charge on any atom is -0.491 e. The summed E-state index contributed by atoms with van der Waals surface area (Å²) in [6, 6.07) is 4.53. The van der Waals surface area contributed by atoms with Crippen molar-refractivity contribution in [3.63, 3.8) is 0 Å². The molecule has 0 N–H and O–H groups in total. The molecule has 0 radical (unpaired) electrons. The maximum atomic E-state index is 13.0. The van der Waals surface area contributed by atoms with Crippen molar-refractivity contribution < 1.29 is 13.9 Å². The van der Waals surface area contributed by atoms with Gasteiger partial charge in [0, 0.05) is 17.5 Å². The van der Waals surface area contributed by atoms with Gasteiger partial charge in [0.05, 0.1) is 6.61 Å². The molecule has 0 bridgehead atoms. The molecule has 1 aromatic carbocycles. The molecule has 2 nitrogen and oxygen atoms in total. The number of rotatable bonds is 8. The van der Waals surface area contributed by atoms with Gasteiger partial charge in [-0.1, -0.05) is 29.8 Å². The molecule has 0 heterocycles. The van der Waals surface area contributed by atoms with Gasteiger partial charge in [0.25, 0.3) is 0 Å². The largest absolute Gasteiger partial charge is 0.491 e. The number of alkyl halides is 1. The van der Waals surface area contributed by atoms with Gasteiger partial charge in [-0.3, -0.25) is 0 Å². The molecular weight excluding hydrogens is 299 g/mol. The topological polar surface area (TPSA) is 18.5 Å². The van der Waals surface area contributed by atoms with E-state index in [-0.39, 0.29) is 5.82 Å². The van der Waals surface area contributed by atoms with E-state index in [2.05, 4.69) is 29.8 Å². The number of benzene rings is 1. The molecule has 0 saturated carbocycles. The Morgan fingerprint density at radius 3 is 2.67 bits per heavy atom. The Morgan fingerprint density at radius 2 is 2.00 bits per heavy atom. The molecule has 0 amide bonds. The second-order valence-electron chi connectivity index (χ2n) is 4.53. The highest BCUT2D eigenvalue weighted by atomic mass is 79.9. The first-order chi connectivity index (χ1) is 8.63. The van der Waals surface area contributed by atoms with Crippen molar-refractivity contribution in [3.8, 4) is 5.75 Å². The highest BCUT2D eigenvalue weighted by Gasteiger charge is 2.04. The summed E-state index contributed by atoms with van der Waals surface area (Å²) in [4.78, 5) is 0. The van der Waals surface area contributed by atoms with E-state index in [4.69, 9.17) is 9.47 Å². The van der Waals surface area contributed by atoms with E-state index in [9.17, 15) is 4.39 Å². The van der Waals surface area contributed by atoms with Crippen LogP contribution in [0.1, 0.15) is 25.8 Å². The smallest absolute Gasteiger partial charge is 0.123 e. The maximum absolute atomic E-state index is 13.0. The second kappa shape index (κ2) is 8.48. The van der Waals surface area contributed by atoms with Gasteiger partial charge < -0.3 is 9.47 Å². The molecule has 0 saturated heterocycles. The van der Waals surface area contributed by atoms with Gasteiger partial charge in [0.1, 0.15) is 18.2 Å². The monoisotopic (exact) mass is 318 g/mol. The van der Waals surface area contributed by atoms with Crippen molar-refractivity contribution in [3.05, 3.63) is 29.6 Å². The molecule has 0 aliphatic carbocycles. The highest BCUT2D eigenvalue weighted by Crippen LogP contribution is 2.22. The average molecular weight is 319 g/mol. The molecule has 0 aliphatic rings. The molecule has 0 fully saturated rings. The summed E-state index contributed by atoms with van der Waals surface area (Å²) in [6.07, 6.45) is 1.06. The average Bonchev–Trinajstić information content (AvgIpc) is 2.34. The first-order valence-electron chi connectivity index (χ1n) is 6.18. The van der Waals surface area contributed by atoms with E-state index in [0.29, 0.717) is 30.2 Å². The molecule has 18 heavy (non-hydrogen) atoms. The summed E-state index contributed by atoms with van der Waals surface area (Å²) in [6.45, 7) is 6.15. The lowest BCUT2D eigenvalue weighted by Crippen LogP contribution is -2.09. The van der Waals surface area contributed by atoms with Crippen molar-refractivity contribution in [2.75, 3.05) is 19.8 Å². The van der Waals surface area contributed by atoms with Crippen LogP contribution in [0.15, 0.2) is 18.2 Å². The van der Waals surface area contributed by atoms with Crippen LogP contribution in [0.5, 0.6) is 5.75 Å². The quantitative estimate of drug-likeness (QED) is 0.529. The van der Waals surface area contributed by atoms with E-state index >= 15 is 0 Å². The number of halogens is 2. The van der Waals surface area contributed by atoms with Crippen LogP contribution in [0.25, 0.3) is 0 Å². The van der Waals surface area contributed by atoms with Crippen LogP contribution in [0.2, 0.25) is 0 Å². The molecule has 1 rings (SSSR count). The van der Waals surface area contributed by atoms with Gasteiger partial charge >= 0.3 is 0 Å². The molecule has 1 aromatic rings. The lowest BCUT2D eigenvalue weighted by Gasteiger charge is -2.11. The predicted molar refractivity (Wildman–Crippen MR) is 74.8 cm³/mol. The van der Waals surface area contributed by atoms with E-state index in [0.717, 1.165) is 18.6 Å².